The van der Waals surface area contributed by atoms with E-state index in [-0.39, 0.29) is 5.91 Å². The fourth-order valence-corrected chi connectivity index (χ4v) is 1.78. The minimum absolute atomic E-state index is 0.256. The van der Waals surface area contributed by atoms with E-state index < -0.39 is 12.1 Å². The third-order valence-electron chi connectivity index (χ3n) is 2.97. The number of hydrogen-bond donors (Lipinski definition) is 1. The van der Waals surface area contributed by atoms with Crippen molar-refractivity contribution in [1.29, 1.82) is 0 Å². The first-order valence-corrected chi connectivity index (χ1v) is 6.75. The van der Waals surface area contributed by atoms with Crippen LogP contribution in [-0.4, -0.2) is 25.1 Å². The number of hydrogen-bond acceptors (Lipinski definition) is 5. The number of ether oxygens (including phenoxy) is 2. The first-order chi connectivity index (χ1) is 10.6. The van der Waals surface area contributed by atoms with E-state index in [1.165, 1.54) is 7.11 Å². The maximum atomic E-state index is 11.9. The highest BCUT2D eigenvalue weighted by atomic mass is 16.5. The van der Waals surface area contributed by atoms with Crippen LogP contribution in [0, 0.1) is 0 Å². The monoisotopic (exact) mass is 303 g/mol. The summed E-state index contributed by atoms with van der Waals surface area (Å²) in [6, 6.07) is 9.91. The lowest BCUT2D eigenvalue weighted by molar-refractivity contribution is -0.127. The Kier molecular flexibility index (Phi) is 5.19. The molecule has 0 aliphatic rings. The third kappa shape index (κ3) is 4.12. The zero-order valence-corrected chi connectivity index (χ0v) is 12.4. The summed E-state index contributed by atoms with van der Waals surface area (Å²) in [5.41, 5.74) is 0.421. The van der Waals surface area contributed by atoms with Crippen molar-refractivity contribution in [1.82, 2.24) is 5.32 Å². The van der Waals surface area contributed by atoms with E-state index in [2.05, 4.69) is 10.1 Å². The van der Waals surface area contributed by atoms with Gasteiger partial charge < -0.3 is 19.2 Å². The molecule has 0 aliphatic heterocycles. The highest BCUT2D eigenvalue weighted by Crippen LogP contribution is 2.14. The van der Waals surface area contributed by atoms with Crippen molar-refractivity contribution in [3.63, 3.8) is 0 Å². The van der Waals surface area contributed by atoms with Crippen molar-refractivity contribution in [2.45, 2.75) is 19.6 Å². The molecule has 0 aliphatic carbocycles. The molecule has 0 unspecified atom stereocenters. The van der Waals surface area contributed by atoms with E-state index in [1.807, 2.05) is 0 Å². The molecule has 1 atom stereocenters. The summed E-state index contributed by atoms with van der Waals surface area (Å²) < 4.78 is 15.3. The Balaban J connectivity index is 1.86. The van der Waals surface area contributed by atoms with Gasteiger partial charge in [0.25, 0.3) is 5.91 Å². The van der Waals surface area contributed by atoms with Crippen molar-refractivity contribution in [2.75, 3.05) is 7.11 Å². The van der Waals surface area contributed by atoms with Gasteiger partial charge in [0.2, 0.25) is 0 Å². The second-order valence-electron chi connectivity index (χ2n) is 4.57. The number of rotatable bonds is 6. The van der Waals surface area contributed by atoms with Gasteiger partial charge in [-0.1, -0.05) is 0 Å². The van der Waals surface area contributed by atoms with E-state index in [4.69, 9.17) is 9.15 Å². The first kappa shape index (κ1) is 15.6. The van der Waals surface area contributed by atoms with Gasteiger partial charge in [-0.05, 0) is 43.3 Å². The summed E-state index contributed by atoms with van der Waals surface area (Å²) in [7, 11) is 1.32. The van der Waals surface area contributed by atoms with E-state index in [0.29, 0.717) is 23.6 Å². The van der Waals surface area contributed by atoms with Crippen LogP contribution in [0.3, 0.4) is 0 Å². The second kappa shape index (κ2) is 7.31. The van der Waals surface area contributed by atoms with Crippen molar-refractivity contribution in [3.8, 4) is 5.75 Å². The van der Waals surface area contributed by atoms with Crippen LogP contribution >= 0.6 is 0 Å². The van der Waals surface area contributed by atoms with Crippen LogP contribution in [-0.2, 0) is 16.1 Å². The molecule has 0 saturated heterocycles. The molecule has 0 saturated carbocycles. The average molecular weight is 303 g/mol. The number of methoxy groups -OCH3 is 1. The van der Waals surface area contributed by atoms with Crippen molar-refractivity contribution >= 4 is 11.9 Å². The number of benzene rings is 1. The highest BCUT2D eigenvalue weighted by molar-refractivity contribution is 5.89. The fourth-order valence-electron chi connectivity index (χ4n) is 1.78. The minimum Gasteiger partial charge on any atom is -0.481 e. The Bertz CT molecular complexity index is 618. The number of carbonyl (C=O) groups is 2. The molecule has 0 spiro atoms. The van der Waals surface area contributed by atoms with Crippen molar-refractivity contribution in [3.05, 3.63) is 54.0 Å². The van der Waals surface area contributed by atoms with Gasteiger partial charge in [-0.15, -0.1) is 0 Å². The zero-order chi connectivity index (χ0) is 15.9. The molecule has 0 radical (unpaired) electrons. The maximum Gasteiger partial charge on any atom is 0.337 e. The lowest BCUT2D eigenvalue weighted by Crippen LogP contribution is -2.35. The molecular formula is C16H17NO5. The molecule has 6 heteroatoms. The van der Waals surface area contributed by atoms with Crippen LogP contribution in [0.1, 0.15) is 23.0 Å². The summed E-state index contributed by atoms with van der Waals surface area (Å²) in [6.07, 6.45) is 0.878. The topological polar surface area (TPSA) is 77.8 Å². The fraction of sp³-hybridized carbons (Fsp3) is 0.250. The Morgan fingerprint density at radius 3 is 2.55 bits per heavy atom. The SMILES string of the molecule is COC(=O)c1ccc(O[C@@H](C)C(=O)NCc2ccco2)cc1. The molecular weight excluding hydrogens is 286 g/mol. The van der Waals surface area contributed by atoms with Gasteiger partial charge in [0.15, 0.2) is 6.10 Å². The molecule has 1 N–H and O–H groups in total. The van der Waals surface area contributed by atoms with Gasteiger partial charge in [-0.3, -0.25) is 4.79 Å². The maximum absolute atomic E-state index is 11.9. The Hall–Kier alpha value is -2.76. The molecule has 0 fully saturated rings. The lowest BCUT2D eigenvalue weighted by atomic mass is 10.2. The number of carbonyl (C=O) groups excluding carboxylic acids is 2. The van der Waals surface area contributed by atoms with Crippen LogP contribution in [0.25, 0.3) is 0 Å². The molecule has 1 aromatic carbocycles. The summed E-state index contributed by atoms with van der Waals surface area (Å²) >= 11 is 0. The van der Waals surface area contributed by atoms with Gasteiger partial charge >= 0.3 is 5.97 Å². The van der Waals surface area contributed by atoms with Crippen LogP contribution in [0.2, 0.25) is 0 Å². The standard InChI is InChI=1S/C16H17NO5/c1-11(15(18)17-10-14-4-3-9-21-14)22-13-7-5-12(6-8-13)16(19)20-2/h3-9,11H,10H2,1-2H3,(H,17,18)/t11-/m0/s1. The zero-order valence-electron chi connectivity index (χ0n) is 12.4. The summed E-state index contributed by atoms with van der Waals surface area (Å²) in [6.45, 7) is 1.95. The van der Waals surface area contributed by atoms with Crippen LogP contribution in [0.5, 0.6) is 5.75 Å². The highest BCUT2D eigenvalue weighted by Gasteiger charge is 2.15. The summed E-state index contributed by atoms with van der Waals surface area (Å²) in [4.78, 5) is 23.2. The van der Waals surface area contributed by atoms with Crippen LogP contribution < -0.4 is 10.1 Å². The lowest BCUT2D eigenvalue weighted by Gasteiger charge is -2.14. The van der Waals surface area contributed by atoms with E-state index in [1.54, 1.807) is 49.6 Å². The smallest absolute Gasteiger partial charge is 0.337 e. The number of esters is 1. The summed E-state index contributed by atoms with van der Waals surface area (Å²) in [5.74, 6) is 0.487. The van der Waals surface area contributed by atoms with E-state index in [9.17, 15) is 9.59 Å². The van der Waals surface area contributed by atoms with Gasteiger partial charge in [-0.25, -0.2) is 4.79 Å². The van der Waals surface area contributed by atoms with Crippen LogP contribution in [0.4, 0.5) is 0 Å². The number of amides is 1. The molecule has 1 aromatic heterocycles. The van der Waals surface area contributed by atoms with Gasteiger partial charge in [-0.2, -0.15) is 0 Å². The molecule has 22 heavy (non-hydrogen) atoms. The number of furan rings is 1. The average Bonchev–Trinajstić information content (AvgIpc) is 3.06. The largest absolute Gasteiger partial charge is 0.481 e. The van der Waals surface area contributed by atoms with E-state index in [0.717, 1.165) is 0 Å². The molecule has 2 rings (SSSR count). The van der Waals surface area contributed by atoms with Crippen molar-refractivity contribution < 1.29 is 23.5 Å². The minimum atomic E-state index is -0.668. The summed E-state index contributed by atoms with van der Waals surface area (Å²) in [5, 5.41) is 2.71. The van der Waals surface area contributed by atoms with Gasteiger partial charge in [0.05, 0.1) is 25.5 Å². The predicted molar refractivity (Wildman–Crippen MR) is 78.4 cm³/mol. The Labute approximate surface area is 128 Å². The van der Waals surface area contributed by atoms with Crippen LogP contribution in [0.15, 0.2) is 47.1 Å². The quantitative estimate of drug-likeness (QED) is 0.827. The second-order valence-corrected chi connectivity index (χ2v) is 4.57. The molecule has 2 aromatic rings. The number of nitrogens with one attached hydrogen (secondary N) is 1. The molecule has 0 bridgehead atoms. The normalized spacial score (nSPS) is 11.5. The van der Waals surface area contributed by atoms with E-state index >= 15 is 0 Å². The molecule has 116 valence electrons. The predicted octanol–water partition coefficient (Wildman–Crippen LogP) is 2.15. The molecule has 1 amide bonds. The Morgan fingerprint density at radius 1 is 1.23 bits per heavy atom. The van der Waals surface area contributed by atoms with Gasteiger partial charge in [0, 0.05) is 0 Å². The molecule has 6 nitrogen and oxygen atoms in total. The first-order valence-electron chi connectivity index (χ1n) is 6.75. The molecule has 1 heterocycles. The Morgan fingerprint density at radius 2 is 1.95 bits per heavy atom. The third-order valence-corrected chi connectivity index (χ3v) is 2.97. The van der Waals surface area contributed by atoms with Crippen molar-refractivity contribution in [2.24, 2.45) is 0 Å². The van der Waals surface area contributed by atoms with Gasteiger partial charge in [0.1, 0.15) is 11.5 Å².